The zero-order chi connectivity index (χ0) is 21.4. The predicted molar refractivity (Wildman–Crippen MR) is 115 cm³/mol. The SMILES string of the molecule is C=CCN1C(=O)C(C)(C)COc2cc(NS(=O)(=O)c3cccc(Cl)c3C)ccc21. The highest BCUT2D eigenvalue weighted by molar-refractivity contribution is 7.92. The van der Waals surface area contributed by atoms with Gasteiger partial charge in [0.25, 0.3) is 10.0 Å². The minimum Gasteiger partial charge on any atom is -0.490 e. The first-order valence-electron chi connectivity index (χ1n) is 9.04. The van der Waals surface area contributed by atoms with Gasteiger partial charge in [-0.3, -0.25) is 9.52 Å². The summed E-state index contributed by atoms with van der Waals surface area (Å²) in [6, 6.07) is 9.57. The number of ether oxygens (including phenoxy) is 1. The molecule has 0 bridgehead atoms. The van der Waals surface area contributed by atoms with E-state index in [4.69, 9.17) is 16.3 Å². The number of nitrogens with zero attached hydrogens (tertiary/aromatic N) is 1. The van der Waals surface area contributed by atoms with Gasteiger partial charge in [-0.2, -0.15) is 0 Å². The molecule has 6 nitrogen and oxygen atoms in total. The summed E-state index contributed by atoms with van der Waals surface area (Å²) >= 11 is 6.06. The largest absolute Gasteiger partial charge is 0.490 e. The van der Waals surface area contributed by atoms with E-state index in [1.165, 1.54) is 6.07 Å². The maximum atomic E-state index is 12.9. The van der Waals surface area contributed by atoms with Crippen molar-refractivity contribution in [3.63, 3.8) is 0 Å². The lowest BCUT2D eigenvalue weighted by molar-refractivity contribution is -0.127. The van der Waals surface area contributed by atoms with Crippen LogP contribution < -0.4 is 14.4 Å². The van der Waals surface area contributed by atoms with Crippen LogP contribution in [0.15, 0.2) is 53.9 Å². The van der Waals surface area contributed by atoms with Gasteiger partial charge in [-0.1, -0.05) is 23.7 Å². The first-order valence-corrected chi connectivity index (χ1v) is 10.9. The number of sulfonamides is 1. The van der Waals surface area contributed by atoms with Crippen LogP contribution in [0.3, 0.4) is 0 Å². The Morgan fingerprint density at radius 2 is 2.03 bits per heavy atom. The van der Waals surface area contributed by atoms with Crippen LogP contribution in [0.5, 0.6) is 5.75 Å². The van der Waals surface area contributed by atoms with Crippen LogP contribution in [0.4, 0.5) is 11.4 Å². The Morgan fingerprint density at radius 3 is 2.72 bits per heavy atom. The van der Waals surface area contributed by atoms with Crippen molar-refractivity contribution in [1.82, 2.24) is 0 Å². The Hall–Kier alpha value is -2.51. The van der Waals surface area contributed by atoms with Gasteiger partial charge in [0.2, 0.25) is 5.91 Å². The smallest absolute Gasteiger partial charge is 0.262 e. The molecule has 1 heterocycles. The van der Waals surface area contributed by atoms with Crippen LogP contribution in [-0.4, -0.2) is 27.5 Å². The molecular formula is C21H23ClN2O4S. The van der Waals surface area contributed by atoms with Gasteiger partial charge in [-0.05, 0) is 50.6 Å². The fourth-order valence-electron chi connectivity index (χ4n) is 3.11. The molecule has 0 saturated carbocycles. The highest BCUT2D eigenvalue weighted by atomic mass is 35.5. The predicted octanol–water partition coefficient (Wildman–Crippen LogP) is 4.39. The van der Waals surface area contributed by atoms with E-state index in [0.717, 1.165) is 0 Å². The Kier molecular flexibility index (Phi) is 5.65. The second-order valence-corrected chi connectivity index (χ2v) is 9.59. The van der Waals surface area contributed by atoms with Crippen LogP contribution in [0, 0.1) is 12.3 Å². The molecular weight excluding hydrogens is 412 g/mol. The van der Waals surface area contributed by atoms with Gasteiger partial charge in [-0.25, -0.2) is 8.42 Å². The molecule has 0 aromatic heterocycles. The number of anilines is 2. The van der Waals surface area contributed by atoms with Crippen molar-refractivity contribution in [2.24, 2.45) is 5.41 Å². The van der Waals surface area contributed by atoms with Crippen LogP contribution in [0.1, 0.15) is 19.4 Å². The van der Waals surface area contributed by atoms with E-state index in [9.17, 15) is 13.2 Å². The highest BCUT2D eigenvalue weighted by Gasteiger charge is 2.37. The van der Waals surface area contributed by atoms with Crippen molar-refractivity contribution in [2.45, 2.75) is 25.7 Å². The summed E-state index contributed by atoms with van der Waals surface area (Å²) in [7, 11) is -3.85. The summed E-state index contributed by atoms with van der Waals surface area (Å²) in [5, 5.41) is 0.374. The number of fused-ring (bicyclic) bond motifs is 1. The molecule has 3 rings (SSSR count). The monoisotopic (exact) mass is 434 g/mol. The second-order valence-electron chi connectivity index (χ2n) is 7.53. The Bertz CT molecular complexity index is 1080. The minimum absolute atomic E-state index is 0.0842. The number of carbonyl (C=O) groups excluding carboxylic acids is 1. The topological polar surface area (TPSA) is 75.7 Å². The minimum atomic E-state index is -3.85. The maximum Gasteiger partial charge on any atom is 0.262 e. The average molecular weight is 435 g/mol. The summed E-state index contributed by atoms with van der Waals surface area (Å²) in [5.74, 6) is 0.341. The number of amides is 1. The number of benzene rings is 2. The molecule has 1 N–H and O–H groups in total. The van der Waals surface area contributed by atoms with Crippen molar-refractivity contribution in [1.29, 1.82) is 0 Å². The number of hydrogen-bond donors (Lipinski definition) is 1. The summed E-state index contributed by atoms with van der Waals surface area (Å²) in [5.41, 5.74) is 0.646. The Balaban J connectivity index is 1.99. The van der Waals surface area contributed by atoms with E-state index in [1.807, 2.05) is 13.8 Å². The van der Waals surface area contributed by atoms with Gasteiger partial charge in [0.05, 0.1) is 21.7 Å². The zero-order valence-corrected chi connectivity index (χ0v) is 18.1. The molecule has 2 aromatic carbocycles. The van der Waals surface area contributed by atoms with Gasteiger partial charge >= 0.3 is 0 Å². The molecule has 0 atom stereocenters. The number of nitrogens with one attached hydrogen (secondary N) is 1. The first kappa shape index (κ1) is 21.2. The summed E-state index contributed by atoms with van der Waals surface area (Å²) < 4.78 is 34.1. The molecule has 0 radical (unpaired) electrons. The van der Waals surface area contributed by atoms with Crippen molar-refractivity contribution in [2.75, 3.05) is 22.8 Å². The average Bonchev–Trinajstić information content (AvgIpc) is 2.74. The molecule has 1 aliphatic heterocycles. The molecule has 0 aliphatic carbocycles. The third-order valence-electron chi connectivity index (χ3n) is 4.73. The molecule has 0 saturated heterocycles. The number of carbonyl (C=O) groups is 1. The third kappa shape index (κ3) is 4.11. The lowest BCUT2D eigenvalue weighted by atomic mass is 9.93. The van der Waals surface area contributed by atoms with Crippen molar-refractivity contribution in [3.05, 3.63) is 59.6 Å². The molecule has 2 aromatic rings. The van der Waals surface area contributed by atoms with E-state index < -0.39 is 15.4 Å². The Morgan fingerprint density at radius 1 is 1.31 bits per heavy atom. The van der Waals surface area contributed by atoms with Crippen LogP contribution in [0.2, 0.25) is 5.02 Å². The van der Waals surface area contributed by atoms with E-state index in [2.05, 4.69) is 11.3 Å². The van der Waals surface area contributed by atoms with Crippen molar-refractivity contribution >= 4 is 38.9 Å². The third-order valence-corrected chi connectivity index (χ3v) is 6.67. The van der Waals surface area contributed by atoms with Gasteiger partial charge in [0, 0.05) is 17.6 Å². The van der Waals surface area contributed by atoms with Gasteiger partial charge in [0.15, 0.2) is 0 Å². The molecule has 8 heteroatoms. The van der Waals surface area contributed by atoms with E-state index >= 15 is 0 Å². The van der Waals surface area contributed by atoms with E-state index in [1.54, 1.807) is 48.2 Å². The van der Waals surface area contributed by atoms with Crippen molar-refractivity contribution in [3.8, 4) is 5.75 Å². The van der Waals surface area contributed by atoms with Crippen molar-refractivity contribution < 1.29 is 17.9 Å². The normalized spacial score (nSPS) is 15.9. The quantitative estimate of drug-likeness (QED) is 0.708. The molecule has 154 valence electrons. The lowest BCUT2D eigenvalue weighted by Crippen LogP contribution is -2.42. The summed E-state index contributed by atoms with van der Waals surface area (Å²) in [6.07, 6.45) is 1.64. The van der Waals surface area contributed by atoms with Gasteiger partial charge in [-0.15, -0.1) is 6.58 Å². The van der Waals surface area contributed by atoms with Crippen LogP contribution >= 0.6 is 11.6 Å². The molecule has 0 unspecified atom stereocenters. The Labute approximate surface area is 176 Å². The molecule has 0 fully saturated rings. The maximum absolute atomic E-state index is 12.9. The second kappa shape index (κ2) is 7.72. The van der Waals surface area contributed by atoms with Crippen LogP contribution in [0.25, 0.3) is 0 Å². The molecule has 29 heavy (non-hydrogen) atoms. The number of hydrogen-bond acceptors (Lipinski definition) is 4. The molecule has 1 aliphatic rings. The lowest BCUT2D eigenvalue weighted by Gasteiger charge is -2.27. The number of halogens is 1. The fourth-order valence-corrected chi connectivity index (χ4v) is 4.66. The summed E-state index contributed by atoms with van der Waals surface area (Å²) in [4.78, 5) is 14.6. The fraction of sp³-hybridized carbons (Fsp3) is 0.286. The van der Waals surface area contributed by atoms with Gasteiger partial charge < -0.3 is 9.64 Å². The molecule has 1 amide bonds. The van der Waals surface area contributed by atoms with E-state index in [-0.39, 0.29) is 17.4 Å². The zero-order valence-electron chi connectivity index (χ0n) is 16.5. The first-order chi connectivity index (χ1) is 13.6. The standard InChI is InChI=1S/C21H23ClN2O4S/c1-5-11-24-17-10-9-15(12-18(17)28-13-21(3,4)20(24)25)23-29(26,27)19-8-6-7-16(22)14(19)2/h5-10,12,23H,1,11,13H2,2-4H3. The summed E-state index contributed by atoms with van der Waals surface area (Å²) in [6.45, 7) is 9.49. The molecule has 0 spiro atoms. The van der Waals surface area contributed by atoms with Gasteiger partial charge in [0.1, 0.15) is 12.4 Å². The van der Waals surface area contributed by atoms with Crippen LogP contribution in [-0.2, 0) is 14.8 Å². The number of rotatable bonds is 5. The highest BCUT2D eigenvalue weighted by Crippen LogP contribution is 2.38. The van der Waals surface area contributed by atoms with E-state index in [0.29, 0.717) is 34.3 Å².